The molecule has 0 saturated carbocycles. The Labute approximate surface area is 106 Å². The first-order valence-electron chi connectivity index (χ1n) is 6.15. The van der Waals surface area contributed by atoms with Gasteiger partial charge in [-0.15, -0.1) is 0 Å². The van der Waals surface area contributed by atoms with Crippen LogP contribution in [0.4, 0.5) is 0 Å². The molecule has 1 rings (SSSR count). The quantitative estimate of drug-likeness (QED) is 0.487. The third-order valence-electron chi connectivity index (χ3n) is 2.80. The second-order valence-corrected chi connectivity index (χ2v) is 4.31. The number of hydrogen-bond donors (Lipinski definition) is 3. The van der Waals surface area contributed by atoms with E-state index in [9.17, 15) is 9.59 Å². The molecular weight excluding hydrogens is 238 g/mol. The van der Waals surface area contributed by atoms with Crippen molar-refractivity contribution in [2.45, 2.75) is 18.9 Å². The number of carbonyl (C=O) groups is 2. The maximum absolute atomic E-state index is 11.3. The molecule has 1 saturated heterocycles. The third-order valence-corrected chi connectivity index (χ3v) is 2.80. The highest BCUT2D eigenvalue weighted by atomic mass is 16.5. The molecule has 1 amide bonds. The lowest BCUT2D eigenvalue weighted by molar-refractivity contribution is -0.140. The molecule has 1 aliphatic rings. The van der Waals surface area contributed by atoms with E-state index in [0.717, 1.165) is 39.3 Å². The Morgan fingerprint density at radius 3 is 2.67 bits per heavy atom. The Morgan fingerprint density at radius 2 is 2.06 bits per heavy atom. The summed E-state index contributed by atoms with van der Waals surface area (Å²) in [7, 11) is 0. The number of carboxylic acids is 1. The molecule has 1 atom stereocenters. The van der Waals surface area contributed by atoms with Gasteiger partial charge in [-0.25, -0.2) is 0 Å². The minimum absolute atomic E-state index is 0.174. The van der Waals surface area contributed by atoms with Crippen LogP contribution in [0.2, 0.25) is 0 Å². The van der Waals surface area contributed by atoms with Crippen LogP contribution in [0.15, 0.2) is 0 Å². The number of morpholine rings is 1. The molecule has 4 N–H and O–H groups in total. The minimum Gasteiger partial charge on any atom is -0.480 e. The standard InChI is InChI=1S/C11H21N3O4/c12-9(11(16)17)8-10(15)13-2-1-3-14-4-6-18-7-5-14/h9H,1-8,12H2,(H,13,15)(H,16,17)/t9-/m0/s1. The molecule has 7 heteroatoms. The first-order chi connectivity index (χ1) is 8.59. The van der Waals surface area contributed by atoms with Crippen molar-refractivity contribution in [1.82, 2.24) is 10.2 Å². The number of ether oxygens (including phenoxy) is 1. The van der Waals surface area contributed by atoms with Crippen molar-refractivity contribution in [2.75, 3.05) is 39.4 Å². The van der Waals surface area contributed by atoms with E-state index in [0.29, 0.717) is 6.54 Å². The Bertz CT molecular complexity index is 279. The molecule has 0 unspecified atom stereocenters. The van der Waals surface area contributed by atoms with Gasteiger partial charge >= 0.3 is 5.97 Å². The van der Waals surface area contributed by atoms with Gasteiger partial charge in [-0.2, -0.15) is 0 Å². The zero-order valence-electron chi connectivity index (χ0n) is 10.4. The molecule has 0 aromatic heterocycles. The smallest absolute Gasteiger partial charge is 0.321 e. The SMILES string of the molecule is N[C@@H](CC(=O)NCCCN1CCOCC1)C(=O)O. The highest BCUT2D eigenvalue weighted by Crippen LogP contribution is 1.97. The number of hydrogen-bond acceptors (Lipinski definition) is 5. The summed E-state index contributed by atoms with van der Waals surface area (Å²) in [6.07, 6.45) is 0.668. The van der Waals surface area contributed by atoms with Gasteiger partial charge in [-0.05, 0) is 13.0 Å². The van der Waals surface area contributed by atoms with Crippen molar-refractivity contribution in [1.29, 1.82) is 0 Å². The fourth-order valence-electron chi connectivity index (χ4n) is 1.71. The van der Waals surface area contributed by atoms with Gasteiger partial charge in [0.15, 0.2) is 0 Å². The molecule has 18 heavy (non-hydrogen) atoms. The number of amides is 1. The van der Waals surface area contributed by atoms with E-state index in [4.69, 9.17) is 15.6 Å². The van der Waals surface area contributed by atoms with Crippen molar-refractivity contribution in [3.05, 3.63) is 0 Å². The van der Waals surface area contributed by atoms with Crippen LogP contribution in [0.5, 0.6) is 0 Å². The number of nitrogens with one attached hydrogen (secondary N) is 1. The van der Waals surface area contributed by atoms with Crippen molar-refractivity contribution >= 4 is 11.9 Å². The normalized spacial score (nSPS) is 18.3. The molecule has 104 valence electrons. The van der Waals surface area contributed by atoms with Crippen LogP contribution in [-0.2, 0) is 14.3 Å². The van der Waals surface area contributed by atoms with Crippen LogP contribution in [0, 0.1) is 0 Å². The van der Waals surface area contributed by atoms with E-state index in [1.54, 1.807) is 0 Å². The lowest BCUT2D eigenvalue weighted by Crippen LogP contribution is -2.39. The van der Waals surface area contributed by atoms with Gasteiger partial charge < -0.3 is 20.9 Å². The van der Waals surface area contributed by atoms with Gasteiger partial charge in [0.2, 0.25) is 5.91 Å². The largest absolute Gasteiger partial charge is 0.480 e. The third kappa shape index (κ3) is 5.95. The number of nitrogens with two attached hydrogens (primary N) is 1. The summed E-state index contributed by atoms with van der Waals surface area (Å²) in [5, 5.41) is 11.2. The van der Waals surface area contributed by atoms with E-state index >= 15 is 0 Å². The van der Waals surface area contributed by atoms with Crippen LogP contribution < -0.4 is 11.1 Å². The van der Waals surface area contributed by atoms with Gasteiger partial charge in [0.05, 0.1) is 19.6 Å². The maximum atomic E-state index is 11.3. The number of nitrogens with zero attached hydrogens (tertiary/aromatic N) is 1. The zero-order valence-corrected chi connectivity index (χ0v) is 10.4. The van der Waals surface area contributed by atoms with Gasteiger partial charge in [-0.1, -0.05) is 0 Å². The zero-order chi connectivity index (χ0) is 13.4. The molecule has 7 nitrogen and oxygen atoms in total. The molecule has 0 aliphatic carbocycles. The summed E-state index contributed by atoms with van der Waals surface area (Å²) in [5.41, 5.74) is 5.26. The Morgan fingerprint density at radius 1 is 1.39 bits per heavy atom. The molecule has 0 spiro atoms. The lowest BCUT2D eigenvalue weighted by atomic mass is 10.2. The van der Waals surface area contributed by atoms with E-state index in [1.165, 1.54) is 0 Å². The number of aliphatic carboxylic acids is 1. The summed E-state index contributed by atoms with van der Waals surface area (Å²) in [5.74, 6) is -1.47. The number of carboxylic acid groups (broad SMARTS) is 1. The van der Waals surface area contributed by atoms with Crippen LogP contribution >= 0.6 is 0 Å². The van der Waals surface area contributed by atoms with Crippen molar-refractivity contribution in [3.8, 4) is 0 Å². The summed E-state index contributed by atoms with van der Waals surface area (Å²) in [6.45, 7) is 4.84. The van der Waals surface area contributed by atoms with Crippen molar-refractivity contribution in [2.24, 2.45) is 5.73 Å². The highest BCUT2D eigenvalue weighted by molar-refractivity contribution is 5.84. The number of carbonyl (C=O) groups excluding carboxylic acids is 1. The Kier molecular flexibility index (Phi) is 6.63. The highest BCUT2D eigenvalue weighted by Gasteiger charge is 2.15. The van der Waals surface area contributed by atoms with E-state index in [-0.39, 0.29) is 12.3 Å². The maximum Gasteiger partial charge on any atom is 0.321 e. The van der Waals surface area contributed by atoms with Gasteiger partial charge in [0.25, 0.3) is 0 Å². The van der Waals surface area contributed by atoms with Crippen LogP contribution in [-0.4, -0.2) is 67.3 Å². The van der Waals surface area contributed by atoms with Crippen molar-refractivity contribution < 1.29 is 19.4 Å². The summed E-state index contributed by atoms with van der Waals surface area (Å²) in [6, 6.07) is -1.12. The van der Waals surface area contributed by atoms with Crippen LogP contribution in [0.25, 0.3) is 0 Å². The fourth-order valence-corrected chi connectivity index (χ4v) is 1.71. The van der Waals surface area contributed by atoms with Gasteiger partial charge in [-0.3, -0.25) is 14.5 Å². The fraction of sp³-hybridized carbons (Fsp3) is 0.818. The summed E-state index contributed by atoms with van der Waals surface area (Å²) < 4.78 is 5.23. The summed E-state index contributed by atoms with van der Waals surface area (Å²) in [4.78, 5) is 24.0. The topological polar surface area (TPSA) is 105 Å². The molecular formula is C11H21N3O4. The van der Waals surface area contributed by atoms with Crippen LogP contribution in [0.3, 0.4) is 0 Å². The Hall–Kier alpha value is -1.18. The first-order valence-corrected chi connectivity index (χ1v) is 6.15. The molecule has 0 aromatic carbocycles. The monoisotopic (exact) mass is 259 g/mol. The molecule has 1 aliphatic heterocycles. The van der Waals surface area contributed by atoms with Crippen LogP contribution in [0.1, 0.15) is 12.8 Å². The van der Waals surface area contributed by atoms with E-state index in [1.807, 2.05) is 0 Å². The van der Waals surface area contributed by atoms with E-state index < -0.39 is 12.0 Å². The molecule has 1 fully saturated rings. The number of rotatable bonds is 7. The predicted octanol–water partition coefficient (Wildman–Crippen LogP) is -1.37. The minimum atomic E-state index is -1.15. The van der Waals surface area contributed by atoms with E-state index in [2.05, 4.69) is 10.2 Å². The van der Waals surface area contributed by atoms with Gasteiger partial charge in [0.1, 0.15) is 6.04 Å². The second-order valence-electron chi connectivity index (χ2n) is 4.31. The lowest BCUT2D eigenvalue weighted by Gasteiger charge is -2.26. The summed E-state index contributed by atoms with van der Waals surface area (Å²) >= 11 is 0. The average Bonchev–Trinajstić information content (AvgIpc) is 2.35. The van der Waals surface area contributed by atoms with Crippen molar-refractivity contribution in [3.63, 3.8) is 0 Å². The first kappa shape index (κ1) is 14.9. The molecule has 0 bridgehead atoms. The molecule has 0 radical (unpaired) electrons. The average molecular weight is 259 g/mol. The second kappa shape index (κ2) is 8.02. The molecule has 1 heterocycles. The Balaban J connectivity index is 2.03. The predicted molar refractivity (Wildman–Crippen MR) is 65.1 cm³/mol. The van der Waals surface area contributed by atoms with Gasteiger partial charge in [0, 0.05) is 19.6 Å². The molecule has 0 aromatic rings.